The molecule has 3 nitrogen and oxygen atoms in total. The second-order valence-corrected chi connectivity index (χ2v) is 4.01. The van der Waals surface area contributed by atoms with Crippen molar-refractivity contribution in [3.8, 4) is 5.75 Å². The highest BCUT2D eigenvalue weighted by Crippen LogP contribution is 2.29. The smallest absolute Gasteiger partial charge is 0.469 e. The quantitative estimate of drug-likeness (QED) is 0.790. The van der Waals surface area contributed by atoms with Crippen LogP contribution < -0.4 is 4.74 Å². The first-order valence-corrected chi connectivity index (χ1v) is 5.75. The van der Waals surface area contributed by atoms with Crippen molar-refractivity contribution < 1.29 is 27.4 Å². The zero-order valence-corrected chi connectivity index (χ0v) is 10.9. The van der Waals surface area contributed by atoms with Gasteiger partial charge in [0.05, 0.1) is 13.0 Å². The fourth-order valence-corrected chi connectivity index (χ4v) is 1.68. The van der Waals surface area contributed by atoms with Gasteiger partial charge in [0, 0.05) is 0 Å². The lowest BCUT2D eigenvalue weighted by molar-refractivity contribution is -0.274. The van der Waals surface area contributed by atoms with Crippen LogP contribution in [0.25, 0.3) is 0 Å². The van der Waals surface area contributed by atoms with Crippen molar-refractivity contribution in [2.45, 2.75) is 32.5 Å². The van der Waals surface area contributed by atoms with E-state index in [1.54, 1.807) is 13.8 Å². The largest absolute Gasteiger partial charge is 0.573 e. The molecule has 1 aromatic rings. The summed E-state index contributed by atoms with van der Waals surface area (Å²) in [5.41, 5.74) is 0.990. The molecule has 0 fully saturated rings. The maximum atomic E-state index is 12.2. The molecular formula is C13H15F3O3. The molecule has 1 unspecified atom stereocenters. The molecule has 1 aromatic carbocycles. The van der Waals surface area contributed by atoms with E-state index in [9.17, 15) is 18.0 Å². The molecule has 0 aromatic heterocycles. The standard InChI is InChI=1S/C13H15F3O3/c1-4-9-7-10(8(2)12(17)18-3)5-6-11(9)19-13(14,15)16/h5-8H,4H2,1-3H3. The highest BCUT2D eigenvalue weighted by atomic mass is 19.4. The topological polar surface area (TPSA) is 35.5 Å². The Balaban J connectivity index is 3.05. The van der Waals surface area contributed by atoms with Crippen LogP contribution in [0, 0.1) is 0 Å². The number of alkyl halides is 3. The van der Waals surface area contributed by atoms with Crippen molar-refractivity contribution >= 4 is 5.97 Å². The molecule has 19 heavy (non-hydrogen) atoms. The van der Waals surface area contributed by atoms with Gasteiger partial charge >= 0.3 is 12.3 Å². The number of carbonyl (C=O) groups excluding carboxylic acids is 1. The van der Waals surface area contributed by atoms with Gasteiger partial charge in [0.15, 0.2) is 0 Å². The van der Waals surface area contributed by atoms with Crippen LogP contribution in [-0.4, -0.2) is 19.4 Å². The minimum Gasteiger partial charge on any atom is -0.469 e. The molecule has 0 amide bonds. The van der Waals surface area contributed by atoms with E-state index in [-0.39, 0.29) is 5.75 Å². The second-order valence-electron chi connectivity index (χ2n) is 4.01. The van der Waals surface area contributed by atoms with Crippen molar-refractivity contribution in [3.05, 3.63) is 29.3 Å². The number of aryl methyl sites for hydroxylation is 1. The van der Waals surface area contributed by atoms with Crippen LogP contribution in [0.5, 0.6) is 5.75 Å². The van der Waals surface area contributed by atoms with Crippen LogP contribution in [0.3, 0.4) is 0 Å². The molecule has 1 rings (SSSR count). The van der Waals surface area contributed by atoms with Gasteiger partial charge in [-0.25, -0.2) is 0 Å². The monoisotopic (exact) mass is 276 g/mol. The van der Waals surface area contributed by atoms with Gasteiger partial charge in [0.1, 0.15) is 5.75 Å². The van der Waals surface area contributed by atoms with Gasteiger partial charge in [0.2, 0.25) is 0 Å². The van der Waals surface area contributed by atoms with Crippen LogP contribution >= 0.6 is 0 Å². The average molecular weight is 276 g/mol. The minimum atomic E-state index is -4.72. The maximum Gasteiger partial charge on any atom is 0.573 e. The lowest BCUT2D eigenvalue weighted by Gasteiger charge is -2.15. The summed E-state index contributed by atoms with van der Waals surface area (Å²) in [6, 6.07) is 4.19. The van der Waals surface area contributed by atoms with E-state index in [1.165, 1.54) is 25.3 Å². The number of carbonyl (C=O) groups is 1. The Hall–Kier alpha value is -1.72. The number of benzene rings is 1. The van der Waals surface area contributed by atoms with Crippen LogP contribution in [0.15, 0.2) is 18.2 Å². The Morgan fingerprint density at radius 3 is 2.47 bits per heavy atom. The first-order valence-electron chi connectivity index (χ1n) is 5.75. The van der Waals surface area contributed by atoms with Gasteiger partial charge < -0.3 is 9.47 Å². The van der Waals surface area contributed by atoms with Crippen molar-refractivity contribution in [1.29, 1.82) is 0 Å². The number of methoxy groups -OCH3 is 1. The molecule has 0 saturated heterocycles. The minimum absolute atomic E-state index is 0.240. The molecule has 0 radical (unpaired) electrons. The molecule has 0 bridgehead atoms. The van der Waals surface area contributed by atoms with E-state index >= 15 is 0 Å². The Morgan fingerprint density at radius 2 is 2.00 bits per heavy atom. The summed E-state index contributed by atoms with van der Waals surface area (Å²) in [4.78, 5) is 11.4. The lowest BCUT2D eigenvalue weighted by atomic mass is 9.98. The maximum absolute atomic E-state index is 12.2. The number of hydrogen-bond donors (Lipinski definition) is 0. The van der Waals surface area contributed by atoms with E-state index in [2.05, 4.69) is 9.47 Å². The van der Waals surface area contributed by atoms with Crippen molar-refractivity contribution in [2.75, 3.05) is 7.11 Å². The van der Waals surface area contributed by atoms with Crippen LogP contribution in [0.2, 0.25) is 0 Å². The summed E-state index contributed by atoms with van der Waals surface area (Å²) in [7, 11) is 1.26. The Kier molecular flexibility index (Phi) is 4.80. The molecule has 6 heteroatoms. The van der Waals surface area contributed by atoms with Crippen molar-refractivity contribution in [2.24, 2.45) is 0 Å². The fourth-order valence-electron chi connectivity index (χ4n) is 1.68. The van der Waals surface area contributed by atoms with E-state index < -0.39 is 18.2 Å². The highest BCUT2D eigenvalue weighted by molar-refractivity contribution is 5.77. The van der Waals surface area contributed by atoms with Gasteiger partial charge in [-0.15, -0.1) is 13.2 Å². The molecule has 1 atom stereocenters. The molecule has 0 spiro atoms. The van der Waals surface area contributed by atoms with Gasteiger partial charge in [-0.3, -0.25) is 4.79 Å². The summed E-state index contributed by atoms with van der Waals surface area (Å²) in [5.74, 6) is -1.21. The summed E-state index contributed by atoms with van der Waals surface area (Å²) < 4.78 is 45.1. The summed E-state index contributed by atoms with van der Waals surface area (Å²) in [6.07, 6.45) is -4.35. The highest BCUT2D eigenvalue weighted by Gasteiger charge is 2.32. The van der Waals surface area contributed by atoms with Crippen molar-refractivity contribution in [3.63, 3.8) is 0 Å². The fraction of sp³-hybridized carbons (Fsp3) is 0.462. The zero-order chi connectivity index (χ0) is 14.6. The van der Waals surface area contributed by atoms with Crippen LogP contribution in [0.1, 0.15) is 30.9 Å². The number of esters is 1. The Bertz CT molecular complexity index is 455. The molecule has 0 aliphatic heterocycles. The van der Waals surface area contributed by atoms with Gasteiger partial charge in [-0.05, 0) is 30.5 Å². The van der Waals surface area contributed by atoms with Gasteiger partial charge in [-0.1, -0.05) is 19.1 Å². The van der Waals surface area contributed by atoms with Gasteiger partial charge in [-0.2, -0.15) is 0 Å². The van der Waals surface area contributed by atoms with Gasteiger partial charge in [0.25, 0.3) is 0 Å². The Labute approximate surface area is 109 Å². The molecule has 0 heterocycles. The molecule has 0 aliphatic carbocycles. The predicted molar refractivity (Wildman–Crippen MR) is 62.9 cm³/mol. The molecule has 0 saturated carbocycles. The number of ether oxygens (including phenoxy) is 2. The predicted octanol–water partition coefficient (Wildman–Crippen LogP) is 3.42. The van der Waals surface area contributed by atoms with Crippen LogP contribution in [0.4, 0.5) is 13.2 Å². The second kappa shape index (κ2) is 5.95. The van der Waals surface area contributed by atoms with E-state index in [0.29, 0.717) is 17.5 Å². The van der Waals surface area contributed by atoms with Crippen molar-refractivity contribution in [1.82, 2.24) is 0 Å². The van der Waals surface area contributed by atoms with Crippen LogP contribution in [-0.2, 0) is 16.0 Å². The van der Waals surface area contributed by atoms with E-state index in [4.69, 9.17) is 0 Å². The molecular weight excluding hydrogens is 261 g/mol. The number of hydrogen-bond acceptors (Lipinski definition) is 3. The molecule has 0 aliphatic rings. The van der Waals surface area contributed by atoms with E-state index in [0.717, 1.165) is 0 Å². The lowest BCUT2D eigenvalue weighted by Crippen LogP contribution is -2.18. The normalized spacial score (nSPS) is 12.9. The average Bonchev–Trinajstić information content (AvgIpc) is 2.35. The van der Waals surface area contributed by atoms with E-state index in [1.807, 2.05) is 0 Å². The summed E-state index contributed by atoms with van der Waals surface area (Å²) in [6.45, 7) is 3.34. The third-order valence-corrected chi connectivity index (χ3v) is 2.75. The molecule has 106 valence electrons. The summed E-state index contributed by atoms with van der Waals surface area (Å²) in [5, 5.41) is 0. The first-order chi connectivity index (χ1) is 8.78. The third-order valence-electron chi connectivity index (χ3n) is 2.75. The number of rotatable bonds is 4. The zero-order valence-electron chi connectivity index (χ0n) is 10.9. The third kappa shape index (κ3) is 4.15. The SMILES string of the molecule is CCc1cc(C(C)C(=O)OC)ccc1OC(F)(F)F. The first kappa shape index (κ1) is 15.3. The Morgan fingerprint density at radius 1 is 1.37 bits per heavy atom. The summed E-state index contributed by atoms with van der Waals surface area (Å²) >= 11 is 0. The number of halogens is 3. The molecule has 0 N–H and O–H groups in total.